The third-order valence-corrected chi connectivity index (χ3v) is 3.54. The van der Waals surface area contributed by atoms with Crippen LogP contribution in [0.25, 0.3) is 0 Å². The molecule has 2 N–H and O–H groups in total. The van der Waals surface area contributed by atoms with Gasteiger partial charge >= 0.3 is 5.97 Å². The van der Waals surface area contributed by atoms with E-state index in [1.54, 1.807) is 20.8 Å². The number of nitrogens with one attached hydrogen (secondary N) is 2. The highest BCUT2D eigenvalue weighted by Crippen LogP contribution is 2.23. The molecule has 2 rings (SSSR count). The van der Waals surface area contributed by atoms with Crippen LogP contribution in [0.4, 0.5) is 14.5 Å². The zero-order valence-corrected chi connectivity index (χ0v) is 13.6. The second kappa shape index (κ2) is 7.25. The number of ether oxygens (including phenoxy) is 1. The van der Waals surface area contributed by atoms with Gasteiger partial charge in [0.25, 0.3) is 12.3 Å². The molecule has 128 valence electrons. The maximum absolute atomic E-state index is 12.7. The van der Waals surface area contributed by atoms with Crippen molar-refractivity contribution < 1.29 is 23.1 Å². The summed E-state index contributed by atoms with van der Waals surface area (Å²) in [7, 11) is 0. The zero-order valence-electron chi connectivity index (χ0n) is 13.6. The van der Waals surface area contributed by atoms with Crippen molar-refractivity contribution in [1.82, 2.24) is 4.98 Å². The number of rotatable bonds is 5. The number of benzene rings is 1. The molecule has 24 heavy (non-hydrogen) atoms. The molecule has 0 fully saturated rings. The molecule has 1 heterocycles. The summed E-state index contributed by atoms with van der Waals surface area (Å²) in [4.78, 5) is 27.2. The first-order valence-electron chi connectivity index (χ1n) is 7.40. The van der Waals surface area contributed by atoms with Gasteiger partial charge in [0.15, 0.2) is 0 Å². The van der Waals surface area contributed by atoms with Gasteiger partial charge in [-0.25, -0.2) is 13.6 Å². The van der Waals surface area contributed by atoms with Crippen LogP contribution in [0.5, 0.6) is 0 Å². The number of amides is 1. The molecule has 1 aromatic carbocycles. The SMILES string of the molecule is CCOC(=O)c1c(C)[nH]c(C(=O)Nc2cccc(C(F)F)c2)c1C. The summed E-state index contributed by atoms with van der Waals surface area (Å²) in [6.07, 6.45) is -2.62. The Morgan fingerprint density at radius 1 is 1.29 bits per heavy atom. The van der Waals surface area contributed by atoms with Gasteiger partial charge in [0.05, 0.1) is 12.2 Å². The molecule has 0 aliphatic carbocycles. The first-order valence-corrected chi connectivity index (χ1v) is 7.40. The smallest absolute Gasteiger partial charge is 0.340 e. The fourth-order valence-electron chi connectivity index (χ4n) is 2.43. The molecule has 0 spiro atoms. The average molecular weight is 336 g/mol. The van der Waals surface area contributed by atoms with Crippen molar-refractivity contribution in [2.45, 2.75) is 27.2 Å². The Morgan fingerprint density at radius 2 is 2.00 bits per heavy atom. The molecule has 0 radical (unpaired) electrons. The molecule has 0 bridgehead atoms. The fraction of sp³-hybridized carbons (Fsp3) is 0.294. The third-order valence-electron chi connectivity index (χ3n) is 3.54. The molecule has 0 unspecified atom stereocenters. The number of aromatic amines is 1. The lowest BCUT2D eigenvalue weighted by molar-refractivity contribution is 0.0525. The monoisotopic (exact) mass is 336 g/mol. The van der Waals surface area contributed by atoms with E-state index in [1.807, 2.05) is 0 Å². The van der Waals surface area contributed by atoms with Crippen LogP contribution in [-0.4, -0.2) is 23.5 Å². The van der Waals surface area contributed by atoms with Crippen molar-refractivity contribution >= 4 is 17.6 Å². The molecular weight excluding hydrogens is 318 g/mol. The van der Waals surface area contributed by atoms with Crippen LogP contribution in [0.1, 0.15) is 51.0 Å². The lowest BCUT2D eigenvalue weighted by Crippen LogP contribution is -2.14. The van der Waals surface area contributed by atoms with Crippen molar-refractivity contribution in [3.8, 4) is 0 Å². The number of hydrogen-bond donors (Lipinski definition) is 2. The molecule has 1 aromatic heterocycles. The van der Waals surface area contributed by atoms with Crippen LogP contribution in [0.3, 0.4) is 0 Å². The topological polar surface area (TPSA) is 71.2 Å². The van der Waals surface area contributed by atoms with E-state index in [-0.39, 0.29) is 23.6 Å². The molecule has 2 aromatic rings. The summed E-state index contributed by atoms with van der Waals surface area (Å²) in [6, 6.07) is 5.44. The van der Waals surface area contributed by atoms with E-state index in [1.165, 1.54) is 24.3 Å². The van der Waals surface area contributed by atoms with E-state index in [0.717, 1.165) is 0 Å². The van der Waals surface area contributed by atoms with Crippen LogP contribution in [0.2, 0.25) is 0 Å². The number of esters is 1. The molecule has 1 amide bonds. The normalized spacial score (nSPS) is 10.8. The molecule has 0 aliphatic rings. The maximum Gasteiger partial charge on any atom is 0.340 e. The number of carbonyl (C=O) groups is 2. The van der Waals surface area contributed by atoms with Gasteiger partial charge in [-0.15, -0.1) is 0 Å². The highest BCUT2D eigenvalue weighted by Gasteiger charge is 2.23. The first kappa shape index (κ1) is 17.7. The van der Waals surface area contributed by atoms with Crippen molar-refractivity contribution in [1.29, 1.82) is 0 Å². The largest absolute Gasteiger partial charge is 0.462 e. The summed E-state index contributed by atoms with van der Waals surface area (Å²) in [5.74, 6) is -1.03. The van der Waals surface area contributed by atoms with Crippen LogP contribution < -0.4 is 5.32 Å². The van der Waals surface area contributed by atoms with E-state index in [2.05, 4.69) is 10.3 Å². The molecule has 0 atom stereocenters. The molecule has 7 heteroatoms. The predicted molar refractivity (Wildman–Crippen MR) is 85.6 cm³/mol. The van der Waals surface area contributed by atoms with E-state index >= 15 is 0 Å². The van der Waals surface area contributed by atoms with Gasteiger partial charge in [-0.05, 0) is 38.5 Å². The second-order valence-electron chi connectivity index (χ2n) is 5.23. The highest BCUT2D eigenvalue weighted by atomic mass is 19.3. The number of hydrogen-bond acceptors (Lipinski definition) is 3. The van der Waals surface area contributed by atoms with Crippen molar-refractivity contribution in [2.75, 3.05) is 11.9 Å². The van der Waals surface area contributed by atoms with E-state index < -0.39 is 18.3 Å². The van der Waals surface area contributed by atoms with Crippen LogP contribution >= 0.6 is 0 Å². The minimum atomic E-state index is -2.62. The number of alkyl halides is 2. The lowest BCUT2D eigenvalue weighted by Gasteiger charge is -2.07. The van der Waals surface area contributed by atoms with E-state index in [4.69, 9.17) is 4.74 Å². The van der Waals surface area contributed by atoms with Gasteiger partial charge in [0.1, 0.15) is 5.69 Å². The second-order valence-corrected chi connectivity index (χ2v) is 5.23. The Labute approximate surface area is 138 Å². The quantitative estimate of drug-likeness (QED) is 0.811. The molecular formula is C17H18F2N2O3. The highest BCUT2D eigenvalue weighted by molar-refractivity contribution is 6.06. The number of anilines is 1. The Bertz CT molecular complexity index is 769. The number of aryl methyl sites for hydroxylation is 1. The van der Waals surface area contributed by atoms with Crippen LogP contribution in [0.15, 0.2) is 24.3 Å². The summed E-state index contributed by atoms with van der Waals surface area (Å²) in [6.45, 7) is 5.21. The molecule has 5 nitrogen and oxygen atoms in total. The zero-order chi connectivity index (χ0) is 17.9. The van der Waals surface area contributed by atoms with E-state index in [0.29, 0.717) is 16.8 Å². The summed E-state index contributed by atoms with van der Waals surface area (Å²) >= 11 is 0. The summed E-state index contributed by atoms with van der Waals surface area (Å²) in [5, 5.41) is 2.55. The average Bonchev–Trinajstić information content (AvgIpc) is 2.82. The summed E-state index contributed by atoms with van der Waals surface area (Å²) in [5.41, 5.74) is 1.54. The fourth-order valence-corrected chi connectivity index (χ4v) is 2.43. The Kier molecular flexibility index (Phi) is 5.33. The molecule has 0 saturated heterocycles. The Hall–Kier alpha value is -2.70. The van der Waals surface area contributed by atoms with Crippen molar-refractivity contribution in [3.05, 3.63) is 52.3 Å². The molecule has 0 saturated carbocycles. The van der Waals surface area contributed by atoms with Crippen molar-refractivity contribution in [3.63, 3.8) is 0 Å². The minimum absolute atomic E-state index is 0.181. The van der Waals surface area contributed by atoms with Gasteiger partial charge < -0.3 is 15.0 Å². The number of carbonyl (C=O) groups excluding carboxylic acids is 2. The van der Waals surface area contributed by atoms with E-state index in [9.17, 15) is 18.4 Å². The first-order chi connectivity index (χ1) is 11.3. The van der Waals surface area contributed by atoms with Crippen LogP contribution in [0, 0.1) is 13.8 Å². The van der Waals surface area contributed by atoms with Gasteiger partial charge in [-0.1, -0.05) is 12.1 Å². The third kappa shape index (κ3) is 3.61. The number of aromatic nitrogens is 1. The van der Waals surface area contributed by atoms with Gasteiger partial charge in [0, 0.05) is 16.9 Å². The predicted octanol–water partition coefficient (Wildman–Crippen LogP) is 4.00. The van der Waals surface area contributed by atoms with Gasteiger partial charge in [-0.3, -0.25) is 4.79 Å². The van der Waals surface area contributed by atoms with Gasteiger partial charge in [0.2, 0.25) is 0 Å². The number of H-pyrrole nitrogens is 1. The standard InChI is InChI=1S/C17H18F2N2O3/c1-4-24-17(23)13-9(2)14(20-10(13)3)16(22)21-12-7-5-6-11(8-12)15(18)19/h5-8,15,20H,4H2,1-3H3,(H,21,22). The number of halogens is 2. The minimum Gasteiger partial charge on any atom is -0.462 e. The van der Waals surface area contributed by atoms with Crippen molar-refractivity contribution in [2.24, 2.45) is 0 Å². The van der Waals surface area contributed by atoms with Gasteiger partial charge in [-0.2, -0.15) is 0 Å². The lowest BCUT2D eigenvalue weighted by atomic mass is 10.1. The molecule has 0 aliphatic heterocycles. The Morgan fingerprint density at radius 3 is 2.62 bits per heavy atom. The summed E-state index contributed by atoms with van der Waals surface area (Å²) < 4.78 is 30.4. The van der Waals surface area contributed by atoms with Crippen LogP contribution in [-0.2, 0) is 4.74 Å². The maximum atomic E-state index is 12.7. The Balaban J connectivity index is 2.26.